The number of carboxylic acids is 1. The van der Waals surface area contributed by atoms with Gasteiger partial charge < -0.3 is 15.2 Å². The van der Waals surface area contributed by atoms with Crippen LogP contribution in [-0.4, -0.2) is 29.6 Å². The molecular weight excluding hydrogens is 342 g/mol. The van der Waals surface area contributed by atoms with E-state index in [9.17, 15) is 19.5 Å². The lowest BCUT2D eigenvalue weighted by Crippen LogP contribution is -2.34. The highest BCUT2D eigenvalue weighted by molar-refractivity contribution is 7.15. The predicted octanol–water partition coefficient (Wildman–Crippen LogP) is 3.41. The Labute approximate surface area is 149 Å². The van der Waals surface area contributed by atoms with E-state index in [-0.39, 0.29) is 12.5 Å². The topological polar surface area (TPSA) is 92.7 Å². The molecule has 7 heteroatoms. The SMILES string of the molecule is CCOC(=O)c1c(C2CC2)csc1NC(=O)[C@H]1CC=CC[C@@H]1C(=O)O. The van der Waals surface area contributed by atoms with Crippen LogP contribution in [0.2, 0.25) is 0 Å². The molecule has 1 saturated carbocycles. The molecule has 1 fully saturated rings. The number of hydrogen-bond donors (Lipinski definition) is 2. The summed E-state index contributed by atoms with van der Waals surface area (Å²) in [5.41, 5.74) is 1.36. The summed E-state index contributed by atoms with van der Waals surface area (Å²) < 4.78 is 5.14. The van der Waals surface area contributed by atoms with Crippen molar-refractivity contribution < 1.29 is 24.2 Å². The molecule has 2 atom stereocenters. The lowest BCUT2D eigenvalue weighted by atomic mass is 9.82. The van der Waals surface area contributed by atoms with Gasteiger partial charge in [-0.2, -0.15) is 0 Å². The highest BCUT2D eigenvalue weighted by Gasteiger charge is 2.36. The normalized spacial score (nSPS) is 22.4. The first-order chi connectivity index (χ1) is 12.0. The Morgan fingerprint density at radius 3 is 2.52 bits per heavy atom. The quantitative estimate of drug-likeness (QED) is 0.597. The molecule has 25 heavy (non-hydrogen) atoms. The van der Waals surface area contributed by atoms with E-state index in [0.29, 0.717) is 29.3 Å². The monoisotopic (exact) mass is 363 g/mol. The van der Waals surface area contributed by atoms with Crippen molar-refractivity contribution in [2.45, 2.75) is 38.5 Å². The minimum Gasteiger partial charge on any atom is -0.481 e. The summed E-state index contributed by atoms with van der Waals surface area (Å²) in [6.07, 6.45) is 6.42. The van der Waals surface area contributed by atoms with Gasteiger partial charge in [-0.25, -0.2) is 4.79 Å². The second-order valence-electron chi connectivity index (χ2n) is 6.37. The zero-order valence-corrected chi connectivity index (χ0v) is 14.8. The van der Waals surface area contributed by atoms with Crippen LogP contribution in [0.25, 0.3) is 0 Å². The molecule has 0 bridgehead atoms. The number of carbonyl (C=O) groups excluding carboxylic acids is 2. The van der Waals surface area contributed by atoms with Gasteiger partial charge in [0.15, 0.2) is 0 Å². The summed E-state index contributed by atoms with van der Waals surface area (Å²) in [4.78, 5) is 36.4. The maximum Gasteiger partial charge on any atom is 0.341 e. The first-order valence-corrected chi connectivity index (χ1v) is 9.38. The Balaban J connectivity index is 1.82. The van der Waals surface area contributed by atoms with E-state index in [4.69, 9.17) is 4.74 Å². The molecule has 2 aliphatic rings. The number of nitrogens with one attached hydrogen (secondary N) is 1. The van der Waals surface area contributed by atoms with Crippen LogP contribution in [0.3, 0.4) is 0 Å². The largest absolute Gasteiger partial charge is 0.481 e. The lowest BCUT2D eigenvalue weighted by molar-refractivity contribution is -0.146. The van der Waals surface area contributed by atoms with Crippen LogP contribution in [0.1, 0.15) is 54.4 Å². The second-order valence-corrected chi connectivity index (χ2v) is 7.25. The molecular formula is C18H21NO5S. The molecule has 2 N–H and O–H groups in total. The standard InChI is InChI=1S/C18H21NO5S/c1-2-24-18(23)14-13(10-7-8-10)9-25-16(14)19-15(20)11-5-3-4-6-12(11)17(21)22/h3-4,9-12H,2,5-8H2,1H3,(H,19,20)(H,21,22)/t11-,12-/m0/s1. The fraction of sp³-hybridized carbons (Fsp3) is 0.500. The number of esters is 1. The number of aliphatic carboxylic acids is 1. The highest BCUT2D eigenvalue weighted by Crippen LogP contribution is 2.46. The zero-order valence-electron chi connectivity index (χ0n) is 14.0. The average Bonchev–Trinajstić information content (AvgIpc) is 3.35. The molecule has 6 nitrogen and oxygen atoms in total. The number of carboxylic acid groups (broad SMARTS) is 1. The minimum atomic E-state index is -0.972. The highest BCUT2D eigenvalue weighted by atomic mass is 32.1. The lowest BCUT2D eigenvalue weighted by Gasteiger charge is -2.24. The van der Waals surface area contributed by atoms with E-state index >= 15 is 0 Å². The van der Waals surface area contributed by atoms with Crippen LogP contribution >= 0.6 is 11.3 Å². The summed E-state index contributed by atoms with van der Waals surface area (Å²) >= 11 is 1.30. The van der Waals surface area contributed by atoms with E-state index in [1.54, 1.807) is 13.0 Å². The molecule has 3 rings (SSSR count). The third kappa shape index (κ3) is 3.76. The predicted molar refractivity (Wildman–Crippen MR) is 93.9 cm³/mol. The Morgan fingerprint density at radius 1 is 1.24 bits per heavy atom. The van der Waals surface area contributed by atoms with E-state index in [1.807, 2.05) is 11.5 Å². The average molecular weight is 363 g/mol. The number of amides is 1. The van der Waals surface area contributed by atoms with E-state index < -0.39 is 23.8 Å². The summed E-state index contributed by atoms with van der Waals surface area (Å²) in [6, 6.07) is 0. The maximum atomic E-state index is 12.7. The Hall–Kier alpha value is -2.15. The van der Waals surface area contributed by atoms with Crippen LogP contribution in [0, 0.1) is 11.8 Å². The van der Waals surface area contributed by atoms with Gasteiger partial charge in [0, 0.05) is 0 Å². The molecule has 1 heterocycles. The van der Waals surface area contributed by atoms with Crippen LogP contribution in [0.4, 0.5) is 5.00 Å². The molecule has 0 spiro atoms. The summed E-state index contributed by atoms with van der Waals surface area (Å²) in [7, 11) is 0. The molecule has 0 radical (unpaired) electrons. The summed E-state index contributed by atoms with van der Waals surface area (Å²) in [5, 5.41) is 14.5. The Morgan fingerprint density at radius 2 is 1.92 bits per heavy atom. The Kier molecular flexibility index (Phi) is 5.22. The van der Waals surface area contributed by atoms with Crippen molar-refractivity contribution in [2.75, 3.05) is 11.9 Å². The molecule has 0 unspecified atom stereocenters. The van der Waals surface area contributed by atoms with Gasteiger partial charge in [0.2, 0.25) is 5.91 Å². The third-order valence-corrected chi connectivity index (χ3v) is 5.55. The zero-order chi connectivity index (χ0) is 18.0. The number of allylic oxidation sites excluding steroid dienone is 2. The molecule has 1 aromatic rings. The first kappa shape index (κ1) is 17.7. The van der Waals surface area contributed by atoms with Gasteiger partial charge in [0.25, 0.3) is 0 Å². The molecule has 134 valence electrons. The van der Waals surface area contributed by atoms with Crippen molar-refractivity contribution in [1.82, 2.24) is 0 Å². The van der Waals surface area contributed by atoms with Crippen molar-refractivity contribution in [1.29, 1.82) is 0 Å². The first-order valence-electron chi connectivity index (χ1n) is 8.50. The van der Waals surface area contributed by atoms with E-state index in [0.717, 1.165) is 18.4 Å². The molecule has 0 aromatic carbocycles. The summed E-state index contributed by atoms with van der Waals surface area (Å²) in [6.45, 7) is 2.01. The number of hydrogen-bond acceptors (Lipinski definition) is 5. The van der Waals surface area contributed by atoms with E-state index in [1.165, 1.54) is 11.3 Å². The van der Waals surface area contributed by atoms with Crippen LogP contribution in [0.5, 0.6) is 0 Å². The Bertz CT molecular complexity index is 719. The molecule has 1 aromatic heterocycles. The van der Waals surface area contributed by atoms with Gasteiger partial charge in [-0.3, -0.25) is 9.59 Å². The van der Waals surface area contributed by atoms with Gasteiger partial charge in [0.1, 0.15) is 5.00 Å². The minimum absolute atomic E-state index is 0.265. The maximum absolute atomic E-state index is 12.7. The van der Waals surface area contributed by atoms with Crippen molar-refractivity contribution in [2.24, 2.45) is 11.8 Å². The van der Waals surface area contributed by atoms with Crippen molar-refractivity contribution in [3.05, 3.63) is 28.7 Å². The van der Waals surface area contributed by atoms with Crippen molar-refractivity contribution >= 4 is 34.2 Å². The van der Waals surface area contributed by atoms with Gasteiger partial charge >= 0.3 is 11.9 Å². The fourth-order valence-electron chi connectivity index (χ4n) is 3.15. The third-order valence-electron chi connectivity index (χ3n) is 4.64. The van der Waals surface area contributed by atoms with Crippen molar-refractivity contribution in [3.8, 4) is 0 Å². The number of rotatable bonds is 6. The smallest absolute Gasteiger partial charge is 0.341 e. The fourth-order valence-corrected chi connectivity index (χ4v) is 4.19. The van der Waals surface area contributed by atoms with Crippen LogP contribution in [0.15, 0.2) is 17.5 Å². The number of carbonyl (C=O) groups is 3. The second kappa shape index (κ2) is 7.39. The van der Waals surface area contributed by atoms with Gasteiger partial charge in [0.05, 0.1) is 24.0 Å². The number of thiophene rings is 1. The van der Waals surface area contributed by atoms with Crippen LogP contribution < -0.4 is 5.32 Å². The van der Waals surface area contributed by atoms with Gasteiger partial charge in [-0.15, -0.1) is 11.3 Å². The molecule has 0 saturated heterocycles. The summed E-state index contributed by atoms with van der Waals surface area (Å²) in [5.74, 6) is -2.78. The molecule has 2 aliphatic carbocycles. The van der Waals surface area contributed by atoms with E-state index in [2.05, 4.69) is 5.32 Å². The molecule has 0 aliphatic heterocycles. The van der Waals surface area contributed by atoms with Gasteiger partial charge in [-0.05, 0) is 49.5 Å². The van der Waals surface area contributed by atoms with Gasteiger partial charge in [-0.1, -0.05) is 12.2 Å². The van der Waals surface area contributed by atoms with Crippen LogP contribution in [-0.2, 0) is 14.3 Å². The van der Waals surface area contributed by atoms with Crippen molar-refractivity contribution in [3.63, 3.8) is 0 Å². The number of anilines is 1. The number of ether oxygens (including phenoxy) is 1. The molecule has 1 amide bonds.